The van der Waals surface area contributed by atoms with Crippen LogP contribution < -0.4 is 0 Å². The number of benzene rings is 1. The topological polar surface area (TPSA) is 151 Å². The number of aliphatic hydroxyl groups excluding tert-OH is 1. The normalized spacial score (nSPS) is 13.7. The predicted octanol–water partition coefficient (Wildman–Crippen LogP) is 0.435. The number of aliphatic hydroxyl groups is 2. The van der Waals surface area contributed by atoms with Gasteiger partial charge in [0.05, 0.1) is 20.1 Å². The number of ether oxygens (including phenoxy) is 2. The van der Waals surface area contributed by atoms with Crippen LogP contribution in [-0.2, 0) is 30.3 Å². The van der Waals surface area contributed by atoms with E-state index in [2.05, 4.69) is 4.74 Å². The summed E-state index contributed by atoms with van der Waals surface area (Å²) in [5.74, 6) is -4.99. The number of carbonyl (C=O) groups excluding carboxylic acids is 3. The molecule has 4 N–H and O–H groups in total. The van der Waals surface area contributed by atoms with E-state index >= 15 is 0 Å². The minimum Gasteiger partial charge on any atom is -0.504 e. The molecule has 28 heavy (non-hydrogen) atoms. The van der Waals surface area contributed by atoms with Gasteiger partial charge in [-0.15, -0.1) is 0 Å². The van der Waals surface area contributed by atoms with E-state index in [1.807, 2.05) is 0 Å². The van der Waals surface area contributed by atoms with E-state index in [1.54, 1.807) is 6.07 Å². The van der Waals surface area contributed by atoms with Crippen molar-refractivity contribution in [3.05, 3.63) is 35.4 Å². The first kappa shape index (κ1) is 23.1. The number of phenolic OH excluding ortho intramolecular Hbond substituents is 2. The van der Waals surface area contributed by atoms with Gasteiger partial charge < -0.3 is 29.9 Å². The molecular weight excluding hydrogens is 372 g/mol. The summed E-state index contributed by atoms with van der Waals surface area (Å²) < 4.78 is 9.62. The van der Waals surface area contributed by atoms with Gasteiger partial charge in [0.25, 0.3) is 0 Å². The van der Waals surface area contributed by atoms with Gasteiger partial charge in [-0.2, -0.15) is 0 Å². The summed E-state index contributed by atoms with van der Waals surface area (Å²) >= 11 is 0. The van der Waals surface area contributed by atoms with E-state index in [0.29, 0.717) is 11.8 Å². The number of carbonyl (C=O) groups is 3. The quantitative estimate of drug-likeness (QED) is 0.145. The number of esters is 2. The highest BCUT2D eigenvalue weighted by molar-refractivity contribution is 5.82. The zero-order chi connectivity index (χ0) is 21.3. The van der Waals surface area contributed by atoms with Crippen LogP contribution in [0, 0.1) is 11.8 Å². The van der Waals surface area contributed by atoms with Crippen LogP contribution in [0.1, 0.15) is 18.9 Å². The molecule has 0 amide bonds. The first-order chi connectivity index (χ1) is 13.2. The van der Waals surface area contributed by atoms with Crippen LogP contribution in [0.5, 0.6) is 11.5 Å². The van der Waals surface area contributed by atoms with Crippen LogP contribution >= 0.6 is 0 Å². The minimum atomic E-state index is -2.14. The number of methoxy groups -OCH3 is 1. The predicted molar refractivity (Wildman–Crippen MR) is 96.1 cm³/mol. The molecule has 0 unspecified atom stereocenters. The van der Waals surface area contributed by atoms with E-state index in [1.165, 1.54) is 25.1 Å². The number of hydrogen-bond acceptors (Lipinski definition) is 9. The minimum absolute atomic E-state index is 0.0314. The zero-order valence-corrected chi connectivity index (χ0v) is 15.6. The lowest BCUT2D eigenvalue weighted by atomic mass is 9.83. The summed E-state index contributed by atoms with van der Waals surface area (Å²) in [6.07, 6.45) is -0.549. The van der Waals surface area contributed by atoms with Crippen molar-refractivity contribution in [1.82, 2.24) is 0 Å². The van der Waals surface area contributed by atoms with Crippen LogP contribution in [0.25, 0.3) is 0 Å². The zero-order valence-electron chi connectivity index (χ0n) is 15.6. The van der Waals surface area contributed by atoms with E-state index in [-0.39, 0.29) is 30.1 Å². The van der Waals surface area contributed by atoms with Gasteiger partial charge in [-0.3, -0.25) is 14.4 Å². The molecule has 1 aromatic carbocycles. The van der Waals surface area contributed by atoms with Gasteiger partial charge in [0.15, 0.2) is 17.8 Å². The Hall–Kier alpha value is -2.91. The second kappa shape index (κ2) is 11.1. The van der Waals surface area contributed by atoms with Crippen LogP contribution in [0.15, 0.2) is 29.8 Å². The van der Waals surface area contributed by atoms with Crippen molar-refractivity contribution in [1.29, 1.82) is 0 Å². The van der Waals surface area contributed by atoms with Crippen LogP contribution in [0.3, 0.4) is 0 Å². The van der Waals surface area contributed by atoms with Gasteiger partial charge in [0, 0.05) is 12.3 Å². The van der Waals surface area contributed by atoms with Gasteiger partial charge in [-0.05, 0) is 30.2 Å². The smallest absolute Gasteiger partial charge is 0.314 e. The van der Waals surface area contributed by atoms with Crippen molar-refractivity contribution >= 4 is 18.2 Å². The van der Waals surface area contributed by atoms with Gasteiger partial charge >= 0.3 is 11.9 Å². The molecule has 0 aromatic heterocycles. The molecular formula is C19H24O9. The summed E-state index contributed by atoms with van der Waals surface area (Å²) in [7, 11) is 1.05. The SMILES string of the molecule is C/C=C(\C=O)[C@@H](CC(=O)OCCc1ccc(O)c(O)c1)[C@@H](C(=O)OC)C(O)O. The summed E-state index contributed by atoms with van der Waals surface area (Å²) in [5, 5.41) is 37.8. The molecule has 1 aromatic rings. The Morgan fingerprint density at radius 1 is 1.18 bits per heavy atom. The molecule has 0 fully saturated rings. The average Bonchev–Trinajstić information content (AvgIpc) is 2.65. The number of allylic oxidation sites excluding steroid dienone is 2. The highest BCUT2D eigenvalue weighted by atomic mass is 16.5. The standard InChI is InChI=1S/C19H24O9/c1-3-12(10-20)13(17(18(24)25)19(26)27-2)9-16(23)28-7-6-11-4-5-14(21)15(22)8-11/h3-5,8,10,13,17-18,21-22,24-25H,6-7,9H2,1-2H3/b12-3+/t13-,17-/m1/s1. The fourth-order valence-electron chi connectivity index (χ4n) is 2.70. The van der Waals surface area contributed by atoms with E-state index in [9.17, 15) is 34.8 Å². The molecule has 0 aliphatic carbocycles. The summed E-state index contributed by atoms with van der Waals surface area (Å²) in [6, 6.07) is 4.17. The molecule has 154 valence electrons. The molecule has 0 saturated heterocycles. The van der Waals surface area contributed by atoms with E-state index < -0.39 is 36.5 Å². The maximum atomic E-state index is 12.2. The van der Waals surface area contributed by atoms with Gasteiger partial charge in [0.2, 0.25) is 0 Å². The number of hydrogen-bond donors (Lipinski definition) is 4. The Morgan fingerprint density at radius 2 is 1.86 bits per heavy atom. The lowest BCUT2D eigenvalue weighted by molar-refractivity contribution is -0.167. The van der Waals surface area contributed by atoms with Crippen molar-refractivity contribution in [2.24, 2.45) is 11.8 Å². The van der Waals surface area contributed by atoms with Gasteiger partial charge in [0.1, 0.15) is 12.2 Å². The van der Waals surface area contributed by atoms with Crippen molar-refractivity contribution < 1.29 is 44.3 Å². The Kier molecular flexibility index (Phi) is 9.13. The molecule has 0 aliphatic rings. The fraction of sp³-hybridized carbons (Fsp3) is 0.421. The number of aldehydes is 1. The molecule has 9 heteroatoms. The molecule has 0 heterocycles. The van der Waals surface area contributed by atoms with E-state index in [0.717, 1.165) is 7.11 Å². The Balaban J connectivity index is 2.81. The second-order valence-corrected chi connectivity index (χ2v) is 5.97. The molecule has 0 radical (unpaired) electrons. The monoisotopic (exact) mass is 396 g/mol. The largest absolute Gasteiger partial charge is 0.504 e. The molecule has 0 bridgehead atoms. The lowest BCUT2D eigenvalue weighted by Crippen LogP contribution is -2.38. The summed E-state index contributed by atoms with van der Waals surface area (Å²) in [5.41, 5.74) is 0.642. The Bertz CT molecular complexity index is 724. The number of rotatable bonds is 10. The van der Waals surface area contributed by atoms with Crippen molar-refractivity contribution in [2.45, 2.75) is 26.1 Å². The molecule has 0 aliphatic heterocycles. The third-order valence-corrected chi connectivity index (χ3v) is 4.21. The van der Waals surface area contributed by atoms with Crippen molar-refractivity contribution in [3.63, 3.8) is 0 Å². The third-order valence-electron chi connectivity index (χ3n) is 4.21. The maximum Gasteiger partial charge on any atom is 0.314 e. The first-order valence-corrected chi connectivity index (χ1v) is 8.46. The Labute approximate surface area is 161 Å². The van der Waals surface area contributed by atoms with Crippen LogP contribution in [-0.4, -0.2) is 58.7 Å². The Morgan fingerprint density at radius 3 is 2.36 bits per heavy atom. The molecule has 0 saturated carbocycles. The third kappa shape index (κ3) is 6.36. The molecule has 9 nitrogen and oxygen atoms in total. The molecule has 2 atom stereocenters. The first-order valence-electron chi connectivity index (χ1n) is 8.46. The highest BCUT2D eigenvalue weighted by Gasteiger charge is 2.38. The average molecular weight is 396 g/mol. The highest BCUT2D eigenvalue weighted by Crippen LogP contribution is 2.28. The number of phenols is 2. The van der Waals surface area contributed by atoms with E-state index in [4.69, 9.17) is 4.74 Å². The van der Waals surface area contributed by atoms with Crippen molar-refractivity contribution in [2.75, 3.05) is 13.7 Å². The van der Waals surface area contributed by atoms with Crippen LogP contribution in [0.2, 0.25) is 0 Å². The second-order valence-electron chi connectivity index (χ2n) is 5.97. The lowest BCUT2D eigenvalue weighted by Gasteiger charge is -2.26. The molecule has 1 rings (SSSR count). The molecule has 0 spiro atoms. The summed E-state index contributed by atoms with van der Waals surface area (Å²) in [4.78, 5) is 35.3. The fourth-order valence-corrected chi connectivity index (χ4v) is 2.70. The van der Waals surface area contributed by atoms with Crippen LogP contribution in [0.4, 0.5) is 0 Å². The van der Waals surface area contributed by atoms with Gasteiger partial charge in [-0.25, -0.2) is 0 Å². The summed E-state index contributed by atoms with van der Waals surface area (Å²) in [6.45, 7) is 1.45. The number of aromatic hydroxyl groups is 2. The van der Waals surface area contributed by atoms with Crippen molar-refractivity contribution in [3.8, 4) is 11.5 Å². The van der Waals surface area contributed by atoms with Gasteiger partial charge in [-0.1, -0.05) is 12.1 Å². The maximum absolute atomic E-state index is 12.2.